The van der Waals surface area contributed by atoms with Gasteiger partial charge in [0.25, 0.3) is 11.5 Å². The van der Waals surface area contributed by atoms with E-state index in [-0.39, 0.29) is 27.9 Å². The third kappa shape index (κ3) is 2.23. The summed E-state index contributed by atoms with van der Waals surface area (Å²) in [4.78, 5) is 28.8. The van der Waals surface area contributed by atoms with Crippen LogP contribution in [-0.2, 0) is 0 Å². The fraction of sp³-hybridized carbons (Fsp3) is 0.0833. The zero-order valence-electron chi connectivity index (χ0n) is 10.3. The minimum absolute atomic E-state index is 0.0630. The van der Waals surface area contributed by atoms with Gasteiger partial charge in [-0.05, 0) is 12.1 Å². The first kappa shape index (κ1) is 13.3. The molecular weight excluding hydrogens is 264 g/mol. The molecular formula is C12H8N4O4. The Morgan fingerprint density at radius 2 is 2.30 bits per heavy atom. The minimum Gasteiger partial charge on any atom is -0.496 e. The van der Waals surface area contributed by atoms with E-state index in [0.717, 1.165) is 0 Å². The number of ether oxygens (including phenoxy) is 1. The molecule has 0 saturated heterocycles. The van der Waals surface area contributed by atoms with Crippen LogP contribution in [0.2, 0.25) is 0 Å². The maximum absolute atomic E-state index is 11.8. The molecule has 2 aromatic rings. The number of hydrogen-bond donors (Lipinski definition) is 0. The quantitative estimate of drug-likeness (QED) is 0.209. The van der Waals surface area contributed by atoms with Crippen molar-refractivity contribution in [2.24, 2.45) is 0 Å². The SMILES string of the molecule is COc1cc([N+](=O)[O-])c2nccc(C(=O)C=[N+]=[N-])c2c1. The maximum atomic E-state index is 11.8. The third-order valence-corrected chi connectivity index (χ3v) is 2.67. The highest BCUT2D eigenvalue weighted by Crippen LogP contribution is 2.31. The van der Waals surface area contributed by atoms with Crippen molar-refractivity contribution in [2.75, 3.05) is 7.11 Å². The molecule has 0 amide bonds. The molecule has 2 rings (SSSR count). The number of nitro groups is 1. The van der Waals surface area contributed by atoms with E-state index >= 15 is 0 Å². The lowest BCUT2D eigenvalue weighted by atomic mass is 10.0. The summed E-state index contributed by atoms with van der Waals surface area (Å²) in [7, 11) is 1.36. The number of carbonyl (C=O) groups excluding carboxylic acids is 1. The summed E-state index contributed by atoms with van der Waals surface area (Å²) < 4.78 is 4.98. The van der Waals surface area contributed by atoms with Crippen LogP contribution in [0.4, 0.5) is 5.69 Å². The summed E-state index contributed by atoms with van der Waals surface area (Å²) in [6.07, 6.45) is 1.99. The van der Waals surface area contributed by atoms with Crippen LogP contribution in [0, 0.1) is 10.1 Å². The predicted molar refractivity (Wildman–Crippen MR) is 69.0 cm³/mol. The number of ketones is 1. The number of Topliss-reactive ketones (excluding diaryl/α,β-unsaturated/α-hetero) is 1. The molecule has 0 radical (unpaired) electrons. The molecule has 0 unspecified atom stereocenters. The van der Waals surface area contributed by atoms with E-state index in [1.54, 1.807) is 0 Å². The van der Waals surface area contributed by atoms with Gasteiger partial charge in [-0.2, -0.15) is 4.79 Å². The number of hydrogen-bond acceptors (Lipinski definition) is 5. The van der Waals surface area contributed by atoms with Crippen molar-refractivity contribution in [1.29, 1.82) is 0 Å². The van der Waals surface area contributed by atoms with Crippen LogP contribution in [0.1, 0.15) is 10.4 Å². The lowest BCUT2D eigenvalue weighted by molar-refractivity contribution is -0.383. The van der Waals surface area contributed by atoms with Crippen LogP contribution < -0.4 is 4.74 Å². The number of carbonyl (C=O) groups is 1. The Hall–Kier alpha value is -3.12. The van der Waals surface area contributed by atoms with E-state index in [1.165, 1.54) is 31.5 Å². The van der Waals surface area contributed by atoms with Gasteiger partial charge in [-0.25, -0.2) is 4.98 Å². The first-order valence-electron chi connectivity index (χ1n) is 5.41. The Balaban J connectivity index is 2.86. The van der Waals surface area contributed by atoms with Crippen LogP contribution in [0.15, 0.2) is 24.4 Å². The van der Waals surface area contributed by atoms with Crippen molar-refractivity contribution in [1.82, 2.24) is 4.98 Å². The summed E-state index contributed by atoms with van der Waals surface area (Å²) in [5.41, 5.74) is 8.34. The topological polar surface area (TPSA) is 119 Å². The summed E-state index contributed by atoms with van der Waals surface area (Å²) >= 11 is 0. The van der Waals surface area contributed by atoms with Crippen molar-refractivity contribution in [2.45, 2.75) is 0 Å². The van der Waals surface area contributed by atoms with Gasteiger partial charge in [0.15, 0.2) is 0 Å². The maximum Gasteiger partial charge on any atom is 0.328 e. The Morgan fingerprint density at radius 3 is 2.90 bits per heavy atom. The number of benzene rings is 1. The van der Waals surface area contributed by atoms with Gasteiger partial charge in [-0.3, -0.25) is 14.9 Å². The summed E-state index contributed by atoms with van der Waals surface area (Å²) in [5, 5.41) is 11.3. The Morgan fingerprint density at radius 1 is 1.55 bits per heavy atom. The van der Waals surface area contributed by atoms with Gasteiger partial charge in [-0.1, -0.05) is 0 Å². The highest BCUT2D eigenvalue weighted by atomic mass is 16.6. The van der Waals surface area contributed by atoms with Crippen LogP contribution >= 0.6 is 0 Å². The Labute approximate surface area is 112 Å². The molecule has 0 spiro atoms. The van der Waals surface area contributed by atoms with Crippen LogP contribution in [0.3, 0.4) is 0 Å². The second kappa shape index (κ2) is 5.25. The van der Waals surface area contributed by atoms with Gasteiger partial charge in [0.05, 0.1) is 18.1 Å². The van der Waals surface area contributed by atoms with Gasteiger partial charge in [0, 0.05) is 17.1 Å². The van der Waals surface area contributed by atoms with E-state index in [9.17, 15) is 14.9 Å². The molecule has 1 aromatic heterocycles. The molecule has 1 aromatic carbocycles. The first-order valence-corrected chi connectivity index (χ1v) is 5.41. The number of pyridine rings is 1. The zero-order valence-corrected chi connectivity index (χ0v) is 10.3. The van der Waals surface area contributed by atoms with Crippen molar-refractivity contribution in [3.8, 4) is 5.75 Å². The summed E-state index contributed by atoms with van der Waals surface area (Å²) in [5.74, 6) is -0.366. The highest BCUT2D eigenvalue weighted by molar-refractivity contribution is 6.36. The Bertz CT molecular complexity index is 765. The van der Waals surface area contributed by atoms with Crippen molar-refractivity contribution in [3.05, 3.63) is 45.6 Å². The van der Waals surface area contributed by atoms with E-state index < -0.39 is 10.7 Å². The largest absolute Gasteiger partial charge is 0.496 e. The number of fused-ring (bicyclic) bond motifs is 1. The van der Waals surface area contributed by atoms with E-state index in [1.807, 2.05) is 0 Å². The average molecular weight is 272 g/mol. The molecule has 0 aliphatic rings. The summed E-state index contributed by atoms with van der Waals surface area (Å²) in [6.45, 7) is 0. The van der Waals surface area contributed by atoms with Gasteiger partial charge in [-0.15, -0.1) is 0 Å². The van der Waals surface area contributed by atoms with Crippen molar-refractivity contribution in [3.63, 3.8) is 0 Å². The molecule has 8 nitrogen and oxygen atoms in total. The molecule has 0 fully saturated rings. The fourth-order valence-corrected chi connectivity index (χ4v) is 1.80. The highest BCUT2D eigenvalue weighted by Gasteiger charge is 2.20. The van der Waals surface area contributed by atoms with E-state index in [4.69, 9.17) is 10.3 Å². The smallest absolute Gasteiger partial charge is 0.328 e. The normalized spacial score (nSPS) is 9.85. The van der Waals surface area contributed by atoms with E-state index in [2.05, 4.69) is 9.77 Å². The van der Waals surface area contributed by atoms with Crippen molar-refractivity contribution >= 4 is 28.6 Å². The second-order valence-corrected chi connectivity index (χ2v) is 3.77. The summed E-state index contributed by atoms with van der Waals surface area (Å²) in [6, 6.07) is 4.08. The molecule has 0 atom stereocenters. The first-order chi connectivity index (χ1) is 9.58. The Kier molecular flexibility index (Phi) is 3.49. The molecule has 0 bridgehead atoms. The van der Waals surface area contributed by atoms with Crippen LogP contribution in [0.25, 0.3) is 16.4 Å². The molecule has 8 heteroatoms. The van der Waals surface area contributed by atoms with Crippen LogP contribution in [0.5, 0.6) is 5.75 Å². The predicted octanol–water partition coefficient (Wildman–Crippen LogP) is 1.63. The molecule has 1 heterocycles. The molecule has 0 aliphatic heterocycles. The molecule has 20 heavy (non-hydrogen) atoms. The lowest BCUT2D eigenvalue weighted by Gasteiger charge is -2.05. The number of nitro benzene ring substituents is 1. The number of nitrogens with zero attached hydrogens (tertiary/aromatic N) is 4. The zero-order chi connectivity index (χ0) is 14.7. The molecule has 0 saturated carbocycles. The number of rotatable bonds is 4. The average Bonchev–Trinajstić information content (AvgIpc) is 2.45. The van der Waals surface area contributed by atoms with Gasteiger partial charge < -0.3 is 10.3 Å². The number of aromatic nitrogens is 1. The van der Waals surface area contributed by atoms with E-state index in [0.29, 0.717) is 6.21 Å². The molecule has 0 N–H and O–H groups in total. The monoisotopic (exact) mass is 272 g/mol. The van der Waals surface area contributed by atoms with Crippen molar-refractivity contribution < 1.29 is 19.2 Å². The number of methoxy groups -OCH3 is 1. The molecule has 0 aliphatic carbocycles. The molecule has 100 valence electrons. The standard InChI is InChI=1S/C12H8N4O4/c1-20-7-4-9-8(11(17)6-15-13)2-3-14-12(9)10(5-7)16(18)19/h2-6H,1H3. The minimum atomic E-state index is -0.605. The van der Waals surface area contributed by atoms with Gasteiger partial charge >= 0.3 is 6.21 Å². The third-order valence-electron chi connectivity index (χ3n) is 2.67. The number of non-ortho nitro benzene ring substituents is 1. The lowest BCUT2D eigenvalue weighted by Crippen LogP contribution is -2.04. The fourth-order valence-electron chi connectivity index (χ4n) is 1.80. The van der Waals surface area contributed by atoms with Gasteiger partial charge in [0.1, 0.15) is 11.3 Å². The van der Waals surface area contributed by atoms with Crippen LogP contribution in [-0.4, -0.2) is 33.8 Å². The second-order valence-electron chi connectivity index (χ2n) is 3.77. The van der Waals surface area contributed by atoms with Gasteiger partial charge in [0.2, 0.25) is 0 Å².